The van der Waals surface area contributed by atoms with Gasteiger partial charge in [0, 0.05) is 18.3 Å². The van der Waals surface area contributed by atoms with Gasteiger partial charge in [-0.15, -0.1) is 0 Å². The lowest BCUT2D eigenvalue weighted by Crippen LogP contribution is -2.54. The molecule has 0 spiro atoms. The molecule has 5 nitrogen and oxygen atoms in total. The van der Waals surface area contributed by atoms with Crippen LogP contribution in [0.4, 0.5) is 11.4 Å². The highest BCUT2D eigenvalue weighted by molar-refractivity contribution is 6.33. The highest BCUT2D eigenvalue weighted by Crippen LogP contribution is 2.23. The number of nitrogens with two attached hydrogens (primary N) is 1. The molecule has 2 rings (SSSR count). The fraction of sp³-hybridized carbons (Fsp3) is 0.533. The lowest BCUT2D eigenvalue weighted by atomic mass is 10.1. The maximum Gasteiger partial charge on any atom is 0.241 e. The molecule has 1 aliphatic rings. The fourth-order valence-corrected chi connectivity index (χ4v) is 2.60. The Morgan fingerprint density at radius 3 is 2.90 bits per heavy atom. The monoisotopic (exact) mass is 311 g/mol. The van der Waals surface area contributed by atoms with Crippen LogP contribution in [0.5, 0.6) is 0 Å². The van der Waals surface area contributed by atoms with Gasteiger partial charge in [-0.25, -0.2) is 0 Å². The van der Waals surface area contributed by atoms with Gasteiger partial charge in [0.1, 0.15) is 0 Å². The minimum atomic E-state index is -0.233. The van der Waals surface area contributed by atoms with Gasteiger partial charge in [-0.3, -0.25) is 9.69 Å². The molecule has 0 radical (unpaired) electrons. The van der Waals surface area contributed by atoms with Crippen LogP contribution in [0.2, 0.25) is 5.02 Å². The van der Waals surface area contributed by atoms with E-state index in [1.807, 2.05) is 13.8 Å². The van der Waals surface area contributed by atoms with Crippen molar-refractivity contribution in [3.8, 4) is 0 Å². The van der Waals surface area contributed by atoms with E-state index in [9.17, 15) is 4.79 Å². The van der Waals surface area contributed by atoms with Crippen molar-refractivity contribution in [3.63, 3.8) is 0 Å². The van der Waals surface area contributed by atoms with E-state index < -0.39 is 0 Å². The number of morpholine rings is 1. The van der Waals surface area contributed by atoms with Gasteiger partial charge in [0.05, 0.1) is 29.5 Å². The van der Waals surface area contributed by atoms with E-state index in [1.54, 1.807) is 18.2 Å². The third-order valence-electron chi connectivity index (χ3n) is 3.80. The van der Waals surface area contributed by atoms with Gasteiger partial charge in [0.15, 0.2) is 0 Å². The summed E-state index contributed by atoms with van der Waals surface area (Å²) in [5.74, 6) is -0.0577. The van der Waals surface area contributed by atoms with Gasteiger partial charge in [-0.2, -0.15) is 0 Å². The number of hydrogen-bond acceptors (Lipinski definition) is 4. The quantitative estimate of drug-likeness (QED) is 0.841. The number of amides is 1. The van der Waals surface area contributed by atoms with Crippen LogP contribution in [-0.4, -0.2) is 42.1 Å². The van der Waals surface area contributed by atoms with E-state index in [1.165, 1.54) is 0 Å². The molecular formula is C15H22ClN3O2. The first-order chi connectivity index (χ1) is 9.88. The van der Waals surface area contributed by atoms with Crippen LogP contribution in [0.3, 0.4) is 0 Å². The minimum absolute atomic E-state index is 0.0577. The van der Waals surface area contributed by atoms with Crippen molar-refractivity contribution in [1.82, 2.24) is 4.90 Å². The number of nitrogens with zero attached hydrogens (tertiary/aromatic N) is 1. The molecule has 3 N–H and O–H groups in total. The van der Waals surface area contributed by atoms with Gasteiger partial charge in [-0.1, -0.05) is 11.6 Å². The summed E-state index contributed by atoms with van der Waals surface area (Å²) in [5.41, 5.74) is 6.85. The smallest absolute Gasteiger partial charge is 0.241 e. The van der Waals surface area contributed by atoms with Crippen molar-refractivity contribution in [3.05, 3.63) is 23.2 Å². The van der Waals surface area contributed by atoms with Crippen molar-refractivity contribution in [2.45, 2.75) is 39.0 Å². The SMILES string of the molecule is CC1CN(C(C)C(=O)Nc2ccc(Cl)c(N)c2)C(C)CO1. The average Bonchev–Trinajstić information content (AvgIpc) is 2.44. The Morgan fingerprint density at radius 1 is 1.52 bits per heavy atom. The molecule has 0 aromatic heterocycles. The molecule has 1 saturated heterocycles. The summed E-state index contributed by atoms with van der Waals surface area (Å²) in [7, 11) is 0. The molecule has 1 aromatic rings. The highest BCUT2D eigenvalue weighted by Gasteiger charge is 2.30. The Bertz CT molecular complexity index is 524. The Morgan fingerprint density at radius 2 is 2.24 bits per heavy atom. The number of nitrogens with one attached hydrogen (secondary N) is 1. The maximum absolute atomic E-state index is 12.4. The largest absolute Gasteiger partial charge is 0.397 e. The van der Waals surface area contributed by atoms with E-state index in [0.717, 1.165) is 6.54 Å². The van der Waals surface area contributed by atoms with Crippen LogP contribution >= 0.6 is 11.6 Å². The second kappa shape index (κ2) is 6.64. The molecule has 1 amide bonds. The van der Waals surface area contributed by atoms with Gasteiger partial charge < -0.3 is 15.8 Å². The molecule has 0 saturated carbocycles. The second-order valence-corrected chi connectivity index (χ2v) is 6.00. The van der Waals surface area contributed by atoms with Crippen LogP contribution in [0, 0.1) is 0 Å². The summed E-state index contributed by atoms with van der Waals surface area (Å²) < 4.78 is 5.59. The standard InChI is InChI=1S/C15H22ClN3O2/c1-9-8-21-10(2)7-19(9)11(3)15(20)18-12-4-5-13(16)14(17)6-12/h4-6,9-11H,7-8,17H2,1-3H3,(H,18,20). The molecule has 21 heavy (non-hydrogen) atoms. The Labute approximate surface area is 130 Å². The van der Waals surface area contributed by atoms with E-state index in [2.05, 4.69) is 17.1 Å². The summed E-state index contributed by atoms with van der Waals surface area (Å²) >= 11 is 5.88. The van der Waals surface area contributed by atoms with Crippen LogP contribution < -0.4 is 11.1 Å². The molecule has 116 valence electrons. The minimum Gasteiger partial charge on any atom is -0.397 e. The Hall–Kier alpha value is -1.30. The number of hydrogen-bond donors (Lipinski definition) is 2. The first-order valence-corrected chi connectivity index (χ1v) is 7.49. The van der Waals surface area contributed by atoms with Crippen LogP contribution in [0.15, 0.2) is 18.2 Å². The van der Waals surface area contributed by atoms with E-state index in [0.29, 0.717) is 23.0 Å². The molecule has 1 aromatic carbocycles. The third-order valence-corrected chi connectivity index (χ3v) is 4.14. The number of anilines is 2. The number of nitrogen functional groups attached to an aromatic ring is 1. The van der Waals surface area contributed by atoms with Gasteiger partial charge in [0.2, 0.25) is 5.91 Å². The topological polar surface area (TPSA) is 67.6 Å². The zero-order valence-electron chi connectivity index (χ0n) is 12.6. The predicted molar refractivity (Wildman–Crippen MR) is 85.5 cm³/mol. The highest BCUT2D eigenvalue weighted by atomic mass is 35.5. The van der Waals surface area contributed by atoms with Crippen LogP contribution in [0.25, 0.3) is 0 Å². The van der Waals surface area contributed by atoms with Crippen molar-refractivity contribution < 1.29 is 9.53 Å². The number of ether oxygens (including phenoxy) is 1. The lowest BCUT2D eigenvalue weighted by Gasteiger charge is -2.39. The summed E-state index contributed by atoms with van der Waals surface area (Å²) in [6.07, 6.45) is 0.141. The maximum atomic E-state index is 12.4. The summed E-state index contributed by atoms with van der Waals surface area (Å²) in [5, 5.41) is 3.37. The van der Waals surface area contributed by atoms with E-state index >= 15 is 0 Å². The third kappa shape index (κ3) is 3.87. The first kappa shape index (κ1) is 16.1. The van der Waals surface area contributed by atoms with Crippen molar-refractivity contribution in [2.24, 2.45) is 0 Å². The normalized spacial score (nSPS) is 24.6. The second-order valence-electron chi connectivity index (χ2n) is 5.59. The van der Waals surface area contributed by atoms with Gasteiger partial charge in [0.25, 0.3) is 0 Å². The predicted octanol–water partition coefficient (Wildman–Crippen LogP) is 2.36. The van der Waals surface area contributed by atoms with E-state index in [-0.39, 0.29) is 24.1 Å². The van der Waals surface area contributed by atoms with Gasteiger partial charge in [-0.05, 0) is 39.0 Å². The molecule has 1 aliphatic heterocycles. The Balaban J connectivity index is 2.03. The molecule has 6 heteroatoms. The number of halogens is 1. The molecular weight excluding hydrogens is 290 g/mol. The molecule has 3 atom stereocenters. The molecule has 1 heterocycles. The van der Waals surface area contributed by atoms with E-state index in [4.69, 9.17) is 22.1 Å². The first-order valence-electron chi connectivity index (χ1n) is 7.11. The lowest BCUT2D eigenvalue weighted by molar-refractivity contribution is -0.126. The average molecular weight is 312 g/mol. The van der Waals surface area contributed by atoms with Crippen molar-refractivity contribution in [1.29, 1.82) is 0 Å². The number of carbonyl (C=O) groups excluding carboxylic acids is 1. The number of carbonyl (C=O) groups is 1. The fourth-order valence-electron chi connectivity index (χ4n) is 2.49. The van der Waals surface area contributed by atoms with Crippen LogP contribution in [0.1, 0.15) is 20.8 Å². The molecule has 0 bridgehead atoms. The molecule has 3 unspecified atom stereocenters. The number of benzene rings is 1. The van der Waals surface area contributed by atoms with Crippen molar-refractivity contribution >= 4 is 28.9 Å². The molecule has 0 aliphatic carbocycles. The Kier molecular flexibility index (Phi) is 5.08. The van der Waals surface area contributed by atoms with Gasteiger partial charge >= 0.3 is 0 Å². The summed E-state index contributed by atoms with van der Waals surface area (Å²) in [4.78, 5) is 14.5. The summed E-state index contributed by atoms with van der Waals surface area (Å²) in [6.45, 7) is 7.38. The summed E-state index contributed by atoms with van der Waals surface area (Å²) in [6, 6.07) is 5.07. The zero-order chi connectivity index (χ0) is 15.6. The van der Waals surface area contributed by atoms with Crippen LogP contribution in [-0.2, 0) is 9.53 Å². The number of rotatable bonds is 3. The molecule has 1 fully saturated rings. The zero-order valence-corrected chi connectivity index (χ0v) is 13.4. The van der Waals surface area contributed by atoms with Crippen molar-refractivity contribution in [2.75, 3.05) is 24.2 Å².